The summed E-state index contributed by atoms with van der Waals surface area (Å²) in [5, 5.41) is 3.22. The molecule has 3 aromatic rings. The summed E-state index contributed by atoms with van der Waals surface area (Å²) in [5.74, 6) is 0.678. The van der Waals surface area contributed by atoms with E-state index in [2.05, 4.69) is 33.4 Å². The highest BCUT2D eigenvalue weighted by Crippen LogP contribution is 2.29. The Balaban J connectivity index is 1.93. The predicted octanol–water partition coefficient (Wildman–Crippen LogP) is 5.10. The Bertz CT molecular complexity index is 807. The number of ketones is 1. The summed E-state index contributed by atoms with van der Waals surface area (Å²) in [6.45, 7) is 0. The van der Waals surface area contributed by atoms with Crippen LogP contribution in [-0.2, 0) is 6.42 Å². The van der Waals surface area contributed by atoms with Crippen molar-refractivity contribution in [3.63, 3.8) is 0 Å². The van der Waals surface area contributed by atoms with Gasteiger partial charge in [0, 0.05) is 15.6 Å². The lowest BCUT2D eigenvalue weighted by atomic mass is 10.0. The maximum absolute atomic E-state index is 12.6. The van der Waals surface area contributed by atoms with Gasteiger partial charge in [-0.15, -0.1) is 11.3 Å². The number of halogens is 1. The van der Waals surface area contributed by atoms with Gasteiger partial charge in [0.1, 0.15) is 5.75 Å². The van der Waals surface area contributed by atoms with Crippen molar-refractivity contribution in [3.8, 4) is 5.75 Å². The van der Waals surface area contributed by atoms with E-state index in [9.17, 15) is 4.79 Å². The Kier molecular flexibility index (Phi) is 4.08. The van der Waals surface area contributed by atoms with Crippen LogP contribution in [0.4, 0.5) is 0 Å². The number of carbonyl (C=O) groups excluding carboxylic acids is 1. The summed E-state index contributed by atoms with van der Waals surface area (Å²) in [6.07, 6.45) is 0.391. The highest BCUT2D eigenvalue weighted by atomic mass is 79.9. The predicted molar refractivity (Wildman–Crippen MR) is 90.6 cm³/mol. The minimum atomic E-state index is 0.0721. The largest absolute Gasteiger partial charge is 0.496 e. The maximum Gasteiger partial charge on any atom is 0.171 e. The molecule has 0 fully saturated rings. The molecule has 21 heavy (non-hydrogen) atoms. The van der Waals surface area contributed by atoms with Crippen molar-refractivity contribution < 1.29 is 9.53 Å². The van der Waals surface area contributed by atoms with Crippen LogP contribution < -0.4 is 4.74 Å². The van der Waals surface area contributed by atoms with Crippen LogP contribution in [-0.4, -0.2) is 12.9 Å². The zero-order chi connectivity index (χ0) is 14.8. The smallest absolute Gasteiger partial charge is 0.171 e. The van der Waals surface area contributed by atoms with Gasteiger partial charge in [0.05, 0.1) is 12.7 Å². The molecule has 0 bridgehead atoms. The SMILES string of the molecule is COc1cc(Br)ccc1C(=O)Cc1csc2ccccc12. The lowest BCUT2D eigenvalue weighted by Gasteiger charge is -2.08. The fourth-order valence-corrected chi connectivity index (χ4v) is 3.64. The summed E-state index contributed by atoms with van der Waals surface area (Å²) in [6, 6.07) is 13.6. The normalized spacial score (nSPS) is 10.8. The van der Waals surface area contributed by atoms with E-state index in [-0.39, 0.29) is 5.78 Å². The average molecular weight is 361 g/mol. The van der Waals surface area contributed by atoms with Gasteiger partial charge in [-0.3, -0.25) is 4.79 Å². The molecule has 0 aliphatic carbocycles. The molecule has 106 valence electrons. The van der Waals surface area contributed by atoms with Crippen LogP contribution in [0.3, 0.4) is 0 Å². The van der Waals surface area contributed by atoms with Crippen LogP contribution in [0.5, 0.6) is 5.75 Å². The molecule has 0 aliphatic heterocycles. The summed E-state index contributed by atoms with van der Waals surface area (Å²) in [7, 11) is 1.58. The average Bonchev–Trinajstić information content (AvgIpc) is 2.90. The Morgan fingerprint density at radius 2 is 2.05 bits per heavy atom. The fourth-order valence-electron chi connectivity index (χ4n) is 2.33. The van der Waals surface area contributed by atoms with E-state index in [4.69, 9.17) is 4.74 Å². The third-order valence-electron chi connectivity index (χ3n) is 3.38. The molecule has 0 aliphatic rings. The van der Waals surface area contributed by atoms with Crippen LogP contribution in [0.2, 0.25) is 0 Å². The molecule has 0 unspecified atom stereocenters. The van der Waals surface area contributed by atoms with Crippen LogP contribution in [0.25, 0.3) is 10.1 Å². The molecule has 0 N–H and O–H groups in total. The molecule has 0 radical (unpaired) electrons. The van der Waals surface area contributed by atoms with Gasteiger partial charge in [0.25, 0.3) is 0 Å². The van der Waals surface area contributed by atoms with Gasteiger partial charge in [0.15, 0.2) is 5.78 Å². The molecule has 0 atom stereocenters. The van der Waals surface area contributed by atoms with Gasteiger partial charge in [-0.1, -0.05) is 34.1 Å². The zero-order valence-electron chi connectivity index (χ0n) is 11.4. The van der Waals surface area contributed by atoms with Crippen molar-refractivity contribution in [2.45, 2.75) is 6.42 Å². The van der Waals surface area contributed by atoms with Crippen molar-refractivity contribution in [1.82, 2.24) is 0 Å². The molecule has 0 amide bonds. The third-order valence-corrected chi connectivity index (χ3v) is 4.88. The summed E-state index contributed by atoms with van der Waals surface area (Å²) < 4.78 is 7.42. The Labute approximate surface area is 135 Å². The summed E-state index contributed by atoms with van der Waals surface area (Å²) in [4.78, 5) is 12.6. The number of carbonyl (C=O) groups is 1. The topological polar surface area (TPSA) is 26.3 Å². The summed E-state index contributed by atoms with van der Waals surface area (Å²) >= 11 is 5.06. The number of rotatable bonds is 4. The lowest BCUT2D eigenvalue weighted by molar-refractivity contribution is 0.0990. The molecule has 0 spiro atoms. The van der Waals surface area contributed by atoms with E-state index in [0.717, 1.165) is 15.4 Å². The van der Waals surface area contributed by atoms with Crippen molar-refractivity contribution in [2.24, 2.45) is 0 Å². The first kappa shape index (κ1) is 14.3. The van der Waals surface area contributed by atoms with Gasteiger partial charge in [-0.25, -0.2) is 0 Å². The number of ether oxygens (including phenoxy) is 1. The molecular formula is C17H13BrO2S. The van der Waals surface area contributed by atoms with E-state index in [1.54, 1.807) is 24.5 Å². The van der Waals surface area contributed by atoms with Crippen molar-refractivity contribution in [1.29, 1.82) is 0 Å². The number of Topliss-reactive ketones (excluding diaryl/α,β-unsaturated/α-hetero) is 1. The second-order valence-corrected chi connectivity index (χ2v) is 6.53. The van der Waals surface area contributed by atoms with Crippen molar-refractivity contribution in [3.05, 3.63) is 63.4 Å². The molecule has 1 aromatic heterocycles. The monoisotopic (exact) mass is 360 g/mol. The minimum absolute atomic E-state index is 0.0721. The first-order chi connectivity index (χ1) is 10.2. The van der Waals surface area contributed by atoms with Crippen LogP contribution in [0.15, 0.2) is 52.3 Å². The molecular weight excluding hydrogens is 348 g/mol. The van der Waals surface area contributed by atoms with Gasteiger partial charge in [-0.05, 0) is 40.6 Å². The Morgan fingerprint density at radius 1 is 1.24 bits per heavy atom. The van der Waals surface area contributed by atoms with E-state index >= 15 is 0 Å². The number of thiophene rings is 1. The highest BCUT2D eigenvalue weighted by Gasteiger charge is 2.15. The molecule has 3 rings (SSSR count). The van der Waals surface area contributed by atoms with E-state index in [1.807, 2.05) is 24.3 Å². The van der Waals surface area contributed by atoms with Crippen LogP contribution in [0, 0.1) is 0 Å². The molecule has 4 heteroatoms. The van der Waals surface area contributed by atoms with Gasteiger partial charge < -0.3 is 4.74 Å². The number of fused-ring (bicyclic) bond motifs is 1. The fraction of sp³-hybridized carbons (Fsp3) is 0.118. The van der Waals surface area contributed by atoms with Gasteiger partial charge >= 0.3 is 0 Å². The molecule has 2 aromatic carbocycles. The van der Waals surface area contributed by atoms with E-state index in [1.165, 1.54) is 4.70 Å². The maximum atomic E-state index is 12.6. The standard InChI is InChI=1S/C17H13BrO2S/c1-20-16-9-12(18)6-7-14(16)15(19)8-11-10-21-17-5-3-2-4-13(11)17/h2-7,9-10H,8H2,1H3. The second-order valence-electron chi connectivity index (χ2n) is 4.70. The number of hydrogen-bond acceptors (Lipinski definition) is 3. The first-order valence-electron chi connectivity index (χ1n) is 6.51. The third kappa shape index (κ3) is 2.87. The van der Waals surface area contributed by atoms with Crippen LogP contribution in [0.1, 0.15) is 15.9 Å². The highest BCUT2D eigenvalue weighted by molar-refractivity contribution is 9.10. The zero-order valence-corrected chi connectivity index (χ0v) is 13.8. The molecule has 1 heterocycles. The van der Waals surface area contributed by atoms with E-state index in [0.29, 0.717) is 17.7 Å². The number of benzene rings is 2. The van der Waals surface area contributed by atoms with E-state index < -0.39 is 0 Å². The minimum Gasteiger partial charge on any atom is -0.496 e. The quantitative estimate of drug-likeness (QED) is 0.605. The van der Waals surface area contributed by atoms with Crippen molar-refractivity contribution >= 4 is 43.1 Å². The summed E-state index contributed by atoms with van der Waals surface area (Å²) in [5.41, 5.74) is 1.70. The van der Waals surface area contributed by atoms with Gasteiger partial charge in [-0.2, -0.15) is 0 Å². The number of hydrogen-bond donors (Lipinski definition) is 0. The molecule has 0 saturated carbocycles. The molecule has 2 nitrogen and oxygen atoms in total. The Hall–Kier alpha value is -1.65. The van der Waals surface area contributed by atoms with Crippen molar-refractivity contribution in [2.75, 3.05) is 7.11 Å². The van der Waals surface area contributed by atoms with Crippen LogP contribution >= 0.6 is 27.3 Å². The number of methoxy groups -OCH3 is 1. The Morgan fingerprint density at radius 3 is 2.86 bits per heavy atom. The van der Waals surface area contributed by atoms with Gasteiger partial charge in [0.2, 0.25) is 0 Å². The second kappa shape index (κ2) is 6.00. The first-order valence-corrected chi connectivity index (χ1v) is 8.18. The lowest BCUT2D eigenvalue weighted by Crippen LogP contribution is -2.05. The molecule has 0 saturated heterocycles.